The molecule has 7 heteroatoms. The van der Waals surface area contributed by atoms with Crippen LogP contribution < -0.4 is 10.5 Å². The molecule has 0 aliphatic carbocycles. The summed E-state index contributed by atoms with van der Waals surface area (Å²) >= 11 is 0. The van der Waals surface area contributed by atoms with Gasteiger partial charge in [-0.05, 0) is 43.2 Å². The van der Waals surface area contributed by atoms with Crippen LogP contribution in [0, 0.1) is 5.41 Å². The second-order valence-electron chi connectivity index (χ2n) is 8.17. The molecule has 0 atom stereocenters. The van der Waals surface area contributed by atoms with Crippen molar-refractivity contribution in [3.05, 3.63) is 83.6 Å². The highest BCUT2D eigenvalue weighted by Crippen LogP contribution is 2.30. The van der Waals surface area contributed by atoms with Crippen LogP contribution in [0.15, 0.2) is 66.7 Å². The van der Waals surface area contributed by atoms with Crippen molar-refractivity contribution in [2.45, 2.75) is 32.9 Å². The lowest BCUT2D eigenvalue weighted by molar-refractivity contribution is -0.136. The topological polar surface area (TPSA) is 114 Å². The number of hydrogen-bond acceptors (Lipinski definition) is 4. The number of carboxylic acids is 1. The number of hydrogen-bond donors (Lipinski definition) is 3. The maximum absolute atomic E-state index is 11.2. The summed E-state index contributed by atoms with van der Waals surface area (Å²) in [4.78, 5) is 11.2. The molecule has 0 spiro atoms. The smallest absolute Gasteiger partial charge is 0.307 e. The number of ether oxygens (including phenoxy) is 1. The van der Waals surface area contributed by atoms with Gasteiger partial charge in [-0.2, -0.15) is 5.10 Å². The Morgan fingerprint density at radius 2 is 1.79 bits per heavy atom. The van der Waals surface area contributed by atoms with E-state index in [2.05, 4.69) is 32.0 Å². The Labute approximate surface area is 191 Å². The number of nitrogens with one attached hydrogen (secondary N) is 1. The number of carboxylic acid groups (broad SMARTS) is 1. The van der Waals surface area contributed by atoms with Crippen LogP contribution in [0.4, 0.5) is 0 Å². The molecule has 7 nitrogen and oxygen atoms in total. The van der Waals surface area contributed by atoms with Gasteiger partial charge in [-0.1, -0.05) is 48.5 Å². The van der Waals surface area contributed by atoms with Crippen molar-refractivity contribution in [2.24, 2.45) is 5.73 Å². The number of aliphatic carboxylic acids is 1. The number of aromatic nitrogens is 2. The zero-order chi connectivity index (χ0) is 23.5. The highest BCUT2D eigenvalue weighted by atomic mass is 16.5. The minimum atomic E-state index is -0.902. The van der Waals surface area contributed by atoms with Crippen molar-refractivity contribution in [1.82, 2.24) is 9.78 Å². The van der Waals surface area contributed by atoms with Gasteiger partial charge in [-0.3, -0.25) is 14.9 Å². The zero-order valence-electron chi connectivity index (χ0n) is 18.6. The second-order valence-corrected chi connectivity index (χ2v) is 8.17. The van der Waals surface area contributed by atoms with Crippen molar-refractivity contribution in [2.75, 3.05) is 0 Å². The van der Waals surface area contributed by atoms with E-state index in [1.807, 2.05) is 35.0 Å². The molecule has 0 fully saturated rings. The molecule has 4 rings (SSSR count). The third-order valence-corrected chi connectivity index (χ3v) is 5.48. The number of nitrogen functional groups attached to an aromatic ring is 1. The quantitative estimate of drug-likeness (QED) is 0.268. The van der Waals surface area contributed by atoms with Crippen LogP contribution >= 0.6 is 0 Å². The number of fused-ring (bicyclic) bond motifs is 1. The fraction of sp³-hybridized carbons (Fsp3) is 0.192. The number of amidine groups is 1. The molecule has 4 aromatic rings. The summed E-state index contributed by atoms with van der Waals surface area (Å²) in [6.07, 6.45) is -0.0994. The summed E-state index contributed by atoms with van der Waals surface area (Å²) in [5, 5.41) is 22.5. The zero-order valence-corrected chi connectivity index (χ0v) is 18.6. The summed E-state index contributed by atoms with van der Waals surface area (Å²) in [6, 6.07) is 21.1. The molecule has 0 aliphatic rings. The minimum absolute atomic E-state index is 0.0397. The fourth-order valence-electron chi connectivity index (χ4n) is 3.83. The molecule has 0 radical (unpaired) electrons. The highest BCUT2D eigenvalue weighted by Gasteiger charge is 2.16. The standard InChI is InChI=1S/C26H26N4O3/c1-16(2)30-23-12-11-19(17-7-9-18(10-8-17)26(27)28)13-21(23)22(29-30)15-33-24-6-4-3-5-20(24)14-25(31)32/h3-13,16H,14-15H2,1-2H3,(H3,27,28)(H,31,32). The predicted molar refractivity (Wildman–Crippen MR) is 129 cm³/mol. The van der Waals surface area contributed by atoms with Crippen molar-refractivity contribution in [1.29, 1.82) is 5.41 Å². The molecule has 168 valence electrons. The highest BCUT2D eigenvalue weighted by molar-refractivity contribution is 5.95. The molecule has 0 saturated heterocycles. The van der Waals surface area contributed by atoms with E-state index in [4.69, 9.17) is 21.0 Å². The monoisotopic (exact) mass is 442 g/mol. The lowest BCUT2D eigenvalue weighted by Crippen LogP contribution is -2.10. The number of nitrogens with two attached hydrogens (primary N) is 1. The average molecular weight is 443 g/mol. The first-order valence-corrected chi connectivity index (χ1v) is 10.7. The molecule has 0 amide bonds. The summed E-state index contributed by atoms with van der Waals surface area (Å²) in [5.74, 6) is -0.318. The van der Waals surface area contributed by atoms with Gasteiger partial charge < -0.3 is 15.6 Å². The summed E-state index contributed by atoms with van der Waals surface area (Å²) in [7, 11) is 0. The molecule has 0 bridgehead atoms. The lowest BCUT2D eigenvalue weighted by atomic mass is 10.0. The molecule has 4 N–H and O–H groups in total. The SMILES string of the molecule is CC(C)n1nc(COc2ccccc2CC(=O)O)c2cc(-c3ccc(C(=N)N)cc3)ccc21. The second kappa shape index (κ2) is 9.16. The largest absolute Gasteiger partial charge is 0.487 e. The van der Waals surface area contributed by atoms with E-state index in [9.17, 15) is 9.90 Å². The molecule has 3 aromatic carbocycles. The maximum atomic E-state index is 11.2. The summed E-state index contributed by atoms with van der Waals surface area (Å²) < 4.78 is 8.01. The van der Waals surface area contributed by atoms with Gasteiger partial charge in [0.1, 0.15) is 23.9 Å². The van der Waals surface area contributed by atoms with Gasteiger partial charge in [0.05, 0.1) is 11.9 Å². The normalized spacial score (nSPS) is 11.1. The Morgan fingerprint density at radius 1 is 1.09 bits per heavy atom. The van der Waals surface area contributed by atoms with Gasteiger partial charge in [0.25, 0.3) is 0 Å². The molecule has 0 aliphatic heterocycles. The van der Waals surface area contributed by atoms with Crippen LogP contribution in [0.1, 0.15) is 36.7 Å². The molecular weight excluding hydrogens is 416 g/mol. The van der Waals surface area contributed by atoms with Gasteiger partial charge in [-0.25, -0.2) is 0 Å². The Balaban J connectivity index is 1.70. The molecule has 33 heavy (non-hydrogen) atoms. The van der Waals surface area contributed by atoms with Crippen LogP contribution in [0.5, 0.6) is 5.75 Å². The molecule has 1 heterocycles. The van der Waals surface area contributed by atoms with E-state index in [1.165, 1.54) is 0 Å². The molecule has 0 unspecified atom stereocenters. The van der Waals surface area contributed by atoms with Gasteiger partial charge in [0.2, 0.25) is 0 Å². The third-order valence-electron chi connectivity index (χ3n) is 5.48. The van der Waals surface area contributed by atoms with Gasteiger partial charge >= 0.3 is 5.97 Å². The first-order valence-electron chi connectivity index (χ1n) is 10.7. The van der Waals surface area contributed by atoms with E-state index in [0.717, 1.165) is 27.7 Å². The number of benzene rings is 3. The lowest BCUT2D eigenvalue weighted by Gasteiger charge is -2.09. The first-order chi connectivity index (χ1) is 15.8. The van der Waals surface area contributed by atoms with Crippen molar-refractivity contribution >= 4 is 22.7 Å². The number of nitrogens with zero attached hydrogens (tertiary/aromatic N) is 2. The van der Waals surface area contributed by atoms with Gasteiger partial charge in [0, 0.05) is 22.6 Å². The van der Waals surface area contributed by atoms with Crippen LogP contribution in [0.3, 0.4) is 0 Å². The Hall–Kier alpha value is -4.13. The van der Waals surface area contributed by atoms with E-state index in [-0.39, 0.29) is 24.9 Å². The van der Waals surface area contributed by atoms with Crippen LogP contribution in [0.25, 0.3) is 22.0 Å². The van der Waals surface area contributed by atoms with E-state index < -0.39 is 5.97 Å². The Bertz CT molecular complexity index is 1320. The van der Waals surface area contributed by atoms with E-state index in [0.29, 0.717) is 16.9 Å². The average Bonchev–Trinajstić information content (AvgIpc) is 3.16. The first kappa shape index (κ1) is 22.1. The summed E-state index contributed by atoms with van der Waals surface area (Å²) in [5.41, 5.74) is 10.7. The predicted octanol–water partition coefficient (Wildman–Crippen LogP) is 4.77. The van der Waals surface area contributed by atoms with Crippen molar-refractivity contribution in [3.63, 3.8) is 0 Å². The van der Waals surface area contributed by atoms with Crippen molar-refractivity contribution in [3.8, 4) is 16.9 Å². The summed E-state index contributed by atoms with van der Waals surface area (Å²) in [6.45, 7) is 4.38. The number of para-hydroxylation sites is 1. The van der Waals surface area contributed by atoms with Crippen LogP contribution in [0.2, 0.25) is 0 Å². The molecular formula is C26H26N4O3. The van der Waals surface area contributed by atoms with Crippen LogP contribution in [-0.4, -0.2) is 26.7 Å². The van der Waals surface area contributed by atoms with E-state index in [1.54, 1.807) is 18.2 Å². The van der Waals surface area contributed by atoms with Crippen LogP contribution in [-0.2, 0) is 17.8 Å². The molecule has 0 saturated carbocycles. The number of rotatable bonds is 8. The van der Waals surface area contributed by atoms with Crippen molar-refractivity contribution < 1.29 is 14.6 Å². The number of carbonyl (C=O) groups is 1. The van der Waals surface area contributed by atoms with Gasteiger partial charge in [-0.15, -0.1) is 0 Å². The Kier molecular flexibility index (Phi) is 6.13. The van der Waals surface area contributed by atoms with Gasteiger partial charge in [0.15, 0.2) is 0 Å². The Morgan fingerprint density at radius 3 is 2.45 bits per heavy atom. The minimum Gasteiger partial charge on any atom is -0.487 e. The maximum Gasteiger partial charge on any atom is 0.307 e. The fourth-order valence-corrected chi connectivity index (χ4v) is 3.83. The molecule has 1 aromatic heterocycles. The third kappa shape index (κ3) is 4.72. The van der Waals surface area contributed by atoms with E-state index >= 15 is 0 Å².